The summed E-state index contributed by atoms with van der Waals surface area (Å²) in [6, 6.07) is 0.620. The Labute approximate surface area is 129 Å². The third-order valence-electron chi connectivity index (χ3n) is 5.69. The second-order valence-corrected chi connectivity index (χ2v) is 7.15. The van der Waals surface area contributed by atoms with Gasteiger partial charge in [-0.1, -0.05) is 19.8 Å². The number of amides is 1. The first-order valence-corrected chi connectivity index (χ1v) is 9.04. The smallest absolute Gasteiger partial charge is 0.242 e. The molecule has 120 valence electrons. The molecule has 0 aromatic heterocycles. The van der Waals surface area contributed by atoms with Crippen molar-refractivity contribution in [2.45, 2.75) is 69.9 Å². The number of likely N-dealkylation sites (tertiary alicyclic amines) is 2. The Hall–Kier alpha value is -0.610. The molecule has 4 heteroatoms. The molecular formula is C17H31N3O. The highest BCUT2D eigenvalue weighted by atomic mass is 16.2. The van der Waals surface area contributed by atoms with Gasteiger partial charge in [-0.05, 0) is 58.2 Å². The fourth-order valence-corrected chi connectivity index (χ4v) is 4.55. The molecule has 1 amide bonds. The summed E-state index contributed by atoms with van der Waals surface area (Å²) in [5, 5.41) is 3.54. The maximum absolute atomic E-state index is 13.0. The summed E-state index contributed by atoms with van der Waals surface area (Å²) < 4.78 is 0. The van der Waals surface area contributed by atoms with Gasteiger partial charge in [0, 0.05) is 19.1 Å². The van der Waals surface area contributed by atoms with Crippen molar-refractivity contribution >= 4 is 5.91 Å². The number of nitrogens with zero attached hydrogens (tertiary/aromatic N) is 2. The Morgan fingerprint density at radius 1 is 1.19 bits per heavy atom. The largest absolute Gasteiger partial charge is 0.339 e. The van der Waals surface area contributed by atoms with Crippen molar-refractivity contribution in [3.63, 3.8) is 0 Å². The van der Waals surface area contributed by atoms with Crippen molar-refractivity contribution < 1.29 is 4.79 Å². The highest BCUT2D eigenvalue weighted by Crippen LogP contribution is 2.29. The first kappa shape index (κ1) is 15.3. The molecule has 0 radical (unpaired) electrons. The van der Waals surface area contributed by atoms with Gasteiger partial charge in [-0.15, -0.1) is 0 Å². The van der Waals surface area contributed by atoms with E-state index in [2.05, 4.69) is 22.0 Å². The quantitative estimate of drug-likeness (QED) is 0.861. The molecule has 21 heavy (non-hydrogen) atoms. The van der Waals surface area contributed by atoms with E-state index < -0.39 is 0 Å². The molecule has 3 saturated heterocycles. The van der Waals surface area contributed by atoms with Gasteiger partial charge in [-0.25, -0.2) is 0 Å². The van der Waals surface area contributed by atoms with Crippen LogP contribution in [-0.2, 0) is 4.79 Å². The van der Waals surface area contributed by atoms with Crippen LogP contribution >= 0.6 is 0 Å². The number of rotatable bonds is 4. The summed E-state index contributed by atoms with van der Waals surface area (Å²) >= 11 is 0. The van der Waals surface area contributed by atoms with Gasteiger partial charge in [0.15, 0.2) is 0 Å². The van der Waals surface area contributed by atoms with Crippen molar-refractivity contribution in [2.24, 2.45) is 0 Å². The molecule has 3 fully saturated rings. The van der Waals surface area contributed by atoms with Gasteiger partial charge in [0.05, 0.1) is 5.54 Å². The van der Waals surface area contributed by atoms with E-state index in [9.17, 15) is 4.79 Å². The minimum Gasteiger partial charge on any atom is -0.339 e. The van der Waals surface area contributed by atoms with Crippen LogP contribution in [0.2, 0.25) is 0 Å². The Morgan fingerprint density at radius 3 is 2.67 bits per heavy atom. The molecule has 0 saturated carbocycles. The molecule has 0 aliphatic carbocycles. The van der Waals surface area contributed by atoms with Crippen molar-refractivity contribution in [1.82, 2.24) is 15.1 Å². The van der Waals surface area contributed by atoms with Gasteiger partial charge in [0.25, 0.3) is 0 Å². The van der Waals surface area contributed by atoms with Crippen LogP contribution in [0, 0.1) is 0 Å². The van der Waals surface area contributed by atoms with E-state index in [1.54, 1.807) is 0 Å². The molecule has 3 aliphatic heterocycles. The summed E-state index contributed by atoms with van der Waals surface area (Å²) in [6.07, 6.45) is 9.50. The number of hydrogen-bond acceptors (Lipinski definition) is 3. The first-order valence-electron chi connectivity index (χ1n) is 9.04. The monoisotopic (exact) mass is 293 g/mol. The van der Waals surface area contributed by atoms with Gasteiger partial charge < -0.3 is 10.2 Å². The van der Waals surface area contributed by atoms with Crippen molar-refractivity contribution in [3.05, 3.63) is 0 Å². The lowest BCUT2D eigenvalue weighted by molar-refractivity contribution is -0.137. The highest BCUT2D eigenvalue weighted by molar-refractivity contribution is 5.87. The Bertz CT molecular complexity index is 359. The summed E-state index contributed by atoms with van der Waals surface area (Å²) in [6.45, 7) is 7.61. The Kier molecular flexibility index (Phi) is 4.85. The second-order valence-electron chi connectivity index (χ2n) is 7.15. The van der Waals surface area contributed by atoms with Crippen LogP contribution in [0.25, 0.3) is 0 Å². The standard InChI is InChI=1S/C17H31N3O/c1-2-8-17(9-6-10-18-17)16(21)20-13-7-15(14-20)19-11-4-3-5-12-19/h15,18H,2-14H2,1H3. The summed E-state index contributed by atoms with van der Waals surface area (Å²) in [7, 11) is 0. The van der Waals surface area contributed by atoms with E-state index in [1.807, 2.05) is 0 Å². The van der Waals surface area contributed by atoms with Crippen LogP contribution in [0.1, 0.15) is 58.3 Å². The molecule has 3 heterocycles. The molecule has 3 aliphatic rings. The zero-order valence-corrected chi connectivity index (χ0v) is 13.6. The normalized spacial score (nSPS) is 34.5. The van der Waals surface area contributed by atoms with E-state index in [0.717, 1.165) is 45.3 Å². The molecule has 2 unspecified atom stereocenters. The van der Waals surface area contributed by atoms with Crippen LogP contribution in [0.15, 0.2) is 0 Å². The van der Waals surface area contributed by atoms with Crippen molar-refractivity contribution in [3.8, 4) is 0 Å². The summed E-state index contributed by atoms with van der Waals surface area (Å²) in [4.78, 5) is 17.8. The zero-order chi connectivity index (χ0) is 14.7. The lowest BCUT2D eigenvalue weighted by Crippen LogP contribution is -2.55. The predicted octanol–water partition coefficient (Wildman–Crippen LogP) is 2.00. The molecule has 0 spiro atoms. The Balaban J connectivity index is 1.60. The van der Waals surface area contributed by atoms with Gasteiger partial charge in [0.2, 0.25) is 5.91 Å². The number of hydrogen-bond donors (Lipinski definition) is 1. The minimum absolute atomic E-state index is 0.231. The number of carbonyl (C=O) groups excluding carboxylic acids is 1. The van der Waals surface area contributed by atoms with Gasteiger partial charge in [-0.2, -0.15) is 0 Å². The fraction of sp³-hybridized carbons (Fsp3) is 0.941. The second kappa shape index (κ2) is 6.66. The molecule has 1 N–H and O–H groups in total. The molecule has 0 aromatic rings. The van der Waals surface area contributed by atoms with Crippen molar-refractivity contribution in [2.75, 3.05) is 32.7 Å². The van der Waals surface area contributed by atoms with Crippen molar-refractivity contribution in [1.29, 1.82) is 0 Å². The topological polar surface area (TPSA) is 35.6 Å². The predicted molar refractivity (Wildman–Crippen MR) is 85.3 cm³/mol. The third kappa shape index (κ3) is 3.11. The number of nitrogens with one attached hydrogen (secondary N) is 1. The van der Waals surface area contributed by atoms with Crippen LogP contribution in [0.4, 0.5) is 0 Å². The van der Waals surface area contributed by atoms with Crippen LogP contribution in [0.3, 0.4) is 0 Å². The first-order chi connectivity index (χ1) is 10.2. The van der Waals surface area contributed by atoms with Crippen LogP contribution in [0.5, 0.6) is 0 Å². The zero-order valence-electron chi connectivity index (χ0n) is 13.6. The van der Waals surface area contributed by atoms with Gasteiger partial charge >= 0.3 is 0 Å². The summed E-state index contributed by atoms with van der Waals surface area (Å²) in [5.41, 5.74) is -0.231. The molecule has 0 bridgehead atoms. The molecule has 3 rings (SSSR count). The lowest BCUT2D eigenvalue weighted by atomic mass is 9.90. The highest BCUT2D eigenvalue weighted by Gasteiger charge is 2.44. The van der Waals surface area contributed by atoms with Crippen LogP contribution < -0.4 is 5.32 Å². The maximum Gasteiger partial charge on any atom is 0.242 e. The average molecular weight is 293 g/mol. The summed E-state index contributed by atoms with van der Waals surface area (Å²) in [5.74, 6) is 0.390. The molecule has 2 atom stereocenters. The SMILES string of the molecule is CCCC1(C(=O)N2CCC(N3CCCCC3)C2)CCCN1. The minimum atomic E-state index is -0.231. The Morgan fingerprint density at radius 2 is 2.00 bits per heavy atom. The van der Waals surface area contributed by atoms with Gasteiger partial charge in [0.1, 0.15) is 0 Å². The molecule has 0 aromatic carbocycles. The van der Waals surface area contributed by atoms with Gasteiger partial charge in [-0.3, -0.25) is 9.69 Å². The maximum atomic E-state index is 13.0. The number of carbonyl (C=O) groups is 1. The number of piperidine rings is 1. The van der Waals surface area contributed by atoms with Crippen LogP contribution in [-0.4, -0.2) is 60.0 Å². The van der Waals surface area contributed by atoms with E-state index >= 15 is 0 Å². The van der Waals surface area contributed by atoms with E-state index in [0.29, 0.717) is 11.9 Å². The fourth-order valence-electron chi connectivity index (χ4n) is 4.55. The average Bonchev–Trinajstić information content (AvgIpc) is 3.18. The van der Waals surface area contributed by atoms with E-state index in [1.165, 1.54) is 38.8 Å². The molecule has 4 nitrogen and oxygen atoms in total. The van der Waals surface area contributed by atoms with E-state index in [4.69, 9.17) is 0 Å². The lowest BCUT2D eigenvalue weighted by Gasteiger charge is -2.34. The molecular weight excluding hydrogens is 262 g/mol. The van der Waals surface area contributed by atoms with E-state index in [-0.39, 0.29) is 5.54 Å². The third-order valence-corrected chi connectivity index (χ3v) is 5.69.